The van der Waals surface area contributed by atoms with Gasteiger partial charge >= 0.3 is 0 Å². The Labute approximate surface area is 310 Å². The van der Waals surface area contributed by atoms with E-state index in [4.69, 9.17) is 4.42 Å². The topological polar surface area (TPSA) is 13.1 Å². The molecule has 248 valence electrons. The summed E-state index contributed by atoms with van der Waals surface area (Å²) in [5.41, 5.74) is 12.2. The van der Waals surface area contributed by atoms with E-state index in [9.17, 15) is 0 Å². The summed E-state index contributed by atoms with van der Waals surface area (Å²) in [5.74, 6) is 0. The van der Waals surface area contributed by atoms with Gasteiger partial charge in [-0.25, -0.2) is 0 Å². The molecule has 12 rings (SSSR count). The number of thiophene rings is 1. The third kappa shape index (κ3) is 3.91. The van der Waals surface area contributed by atoms with Gasteiger partial charge in [-0.1, -0.05) is 135 Å². The van der Waals surface area contributed by atoms with Crippen LogP contribution >= 0.6 is 11.3 Å². The summed E-state index contributed by atoms with van der Waals surface area (Å²) in [5, 5.41) is 12.5. The van der Waals surface area contributed by atoms with Gasteiger partial charge in [0, 0.05) is 41.7 Å². The van der Waals surface area contributed by atoms with Crippen LogP contribution < -0.4 is 0 Å². The van der Waals surface area contributed by atoms with Gasteiger partial charge in [0.15, 0.2) is 0 Å². The average Bonchev–Trinajstić information content (AvgIpc) is 3.84. The highest BCUT2D eigenvalue weighted by Crippen LogP contribution is 2.54. The number of furan rings is 1. The molecular weight excluding hydrogens is 661 g/mol. The van der Waals surface area contributed by atoms with Crippen molar-refractivity contribution < 1.29 is 4.42 Å². The number of benzene rings is 9. The molecule has 2 heterocycles. The Bertz CT molecular complexity index is 3320. The fourth-order valence-electron chi connectivity index (χ4n) is 9.61. The molecule has 0 N–H and O–H groups in total. The van der Waals surface area contributed by atoms with Crippen molar-refractivity contribution in [3.8, 4) is 33.4 Å². The second-order valence-corrected chi connectivity index (χ2v) is 16.2. The summed E-state index contributed by atoms with van der Waals surface area (Å²) in [6, 6.07) is 58.6. The molecule has 0 saturated carbocycles. The Morgan fingerprint density at radius 2 is 0.925 bits per heavy atom. The van der Waals surface area contributed by atoms with Crippen molar-refractivity contribution in [1.82, 2.24) is 0 Å². The zero-order valence-corrected chi connectivity index (χ0v) is 30.1. The van der Waals surface area contributed by atoms with E-state index in [0.717, 1.165) is 11.2 Å². The molecule has 53 heavy (non-hydrogen) atoms. The van der Waals surface area contributed by atoms with E-state index in [-0.39, 0.29) is 5.41 Å². The minimum absolute atomic E-state index is 0.165. The first kappa shape index (κ1) is 29.4. The van der Waals surface area contributed by atoms with Gasteiger partial charge in [-0.2, -0.15) is 0 Å². The molecule has 2 heteroatoms. The van der Waals surface area contributed by atoms with Crippen molar-refractivity contribution >= 4 is 85.8 Å². The monoisotopic (exact) mass is 692 g/mol. The van der Waals surface area contributed by atoms with Crippen LogP contribution in [0, 0.1) is 0 Å². The van der Waals surface area contributed by atoms with Crippen LogP contribution in [0.15, 0.2) is 162 Å². The van der Waals surface area contributed by atoms with Crippen LogP contribution in [0.4, 0.5) is 0 Å². The first-order valence-electron chi connectivity index (χ1n) is 18.4. The van der Waals surface area contributed by atoms with E-state index < -0.39 is 0 Å². The Balaban J connectivity index is 1.09. The predicted molar refractivity (Wildman–Crippen MR) is 228 cm³/mol. The van der Waals surface area contributed by atoms with Gasteiger partial charge in [0.05, 0.1) is 0 Å². The third-order valence-corrected chi connectivity index (χ3v) is 13.2. The number of para-hydroxylation sites is 1. The Hall–Kier alpha value is -6.22. The van der Waals surface area contributed by atoms with Crippen molar-refractivity contribution in [2.45, 2.75) is 19.3 Å². The summed E-state index contributed by atoms with van der Waals surface area (Å²) in [6.45, 7) is 4.77. The Morgan fingerprint density at radius 3 is 1.66 bits per heavy atom. The number of hydrogen-bond acceptors (Lipinski definition) is 2. The second kappa shape index (κ2) is 10.4. The van der Waals surface area contributed by atoms with Crippen molar-refractivity contribution in [1.29, 1.82) is 0 Å². The molecule has 0 radical (unpaired) electrons. The molecule has 11 aromatic rings. The standard InChI is InChI=1S/C51H32OS/c1-51(2)42-25-24-39-37(22-23-38-31-11-7-9-17-44(31)52-50(38)39)49(42)40-21-19-30(28-43(40)51)48-35-15-5-3-13-33(35)47(34-14-4-6-16-36(34)48)29-20-26-46-41(27-29)32-12-8-10-18-45(32)53-46/h3-28H,1-2H3. The largest absolute Gasteiger partial charge is 0.455 e. The van der Waals surface area contributed by atoms with E-state index in [0.29, 0.717) is 0 Å². The highest BCUT2D eigenvalue weighted by molar-refractivity contribution is 7.25. The quantitative estimate of drug-likeness (QED) is 0.164. The van der Waals surface area contributed by atoms with Crippen molar-refractivity contribution in [3.05, 3.63) is 169 Å². The molecule has 0 fully saturated rings. The van der Waals surface area contributed by atoms with Crippen molar-refractivity contribution in [2.75, 3.05) is 0 Å². The fourth-order valence-corrected chi connectivity index (χ4v) is 10.7. The summed E-state index contributed by atoms with van der Waals surface area (Å²) in [4.78, 5) is 0. The average molecular weight is 693 g/mol. The molecule has 0 bridgehead atoms. The zero-order chi connectivity index (χ0) is 35.0. The van der Waals surface area contributed by atoms with Gasteiger partial charge < -0.3 is 4.42 Å². The van der Waals surface area contributed by atoms with Gasteiger partial charge in [-0.3, -0.25) is 0 Å². The number of rotatable bonds is 2. The van der Waals surface area contributed by atoms with Gasteiger partial charge in [0.25, 0.3) is 0 Å². The molecule has 0 atom stereocenters. The second-order valence-electron chi connectivity index (χ2n) is 15.2. The molecule has 1 nitrogen and oxygen atoms in total. The maximum absolute atomic E-state index is 6.50. The maximum atomic E-state index is 6.50. The van der Waals surface area contributed by atoms with Crippen LogP contribution in [0.2, 0.25) is 0 Å². The Morgan fingerprint density at radius 1 is 0.396 bits per heavy atom. The minimum Gasteiger partial charge on any atom is -0.455 e. The molecule has 2 aromatic heterocycles. The van der Waals surface area contributed by atoms with Gasteiger partial charge in [0.2, 0.25) is 0 Å². The van der Waals surface area contributed by atoms with Gasteiger partial charge in [-0.15, -0.1) is 11.3 Å². The lowest BCUT2D eigenvalue weighted by atomic mass is 9.80. The van der Waals surface area contributed by atoms with Crippen LogP contribution in [-0.2, 0) is 5.41 Å². The van der Waals surface area contributed by atoms with Gasteiger partial charge in [-0.05, 0) is 108 Å². The number of hydrogen-bond donors (Lipinski definition) is 0. The van der Waals surface area contributed by atoms with Crippen LogP contribution in [0.25, 0.3) is 108 Å². The summed E-state index contributed by atoms with van der Waals surface area (Å²) in [6.07, 6.45) is 0. The van der Waals surface area contributed by atoms with Crippen LogP contribution in [0.1, 0.15) is 25.0 Å². The lowest BCUT2D eigenvalue weighted by molar-refractivity contribution is 0.660. The molecular formula is C51H32OS. The normalized spacial score (nSPS) is 13.6. The highest BCUT2D eigenvalue weighted by Gasteiger charge is 2.37. The minimum atomic E-state index is -0.165. The lowest BCUT2D eigenvalue weighted by Gasteiger charge is -2.23. The fraction of sp³-hybridized carbons (Fsp3) is 0.0588. The van der Waals surface area contributed by atoms with Crippen molar-refractivity contribution in [2.24, 2.45) is 0 Å². The summed E-state index contributed by atoms with van der Waals surface area (Å²) < 4.78 is 9.17. The smallest absolute Gasteiger partial charge is 0.143 e. The van der Waals surface area contributed by atoms with Crippen molar-refractivity contribution in [3.63, 3.8) is 0 Å². The molecule has 1 aliphatic carbocycles. The SMILES string of the molecule is CC1(C)c2cc(-c3c4ccccc4c(-c4ccc5sc6ccccc6c5c4)c4ccccc34)ccc2-c2c1ccc1c2ccc2c3ccccc3oc12. The van der Waals surface area contributed by atoms with E-state index in [1.54, 1.807) is 0 Å². The molecule has 9 aromatic carbocycles. The predicted octanol–water partition coefficient (Wildman–Crippen LogP) is 15.1. The van der Waals surface area contributed by atoms with Gasteiger partial charge in [0.1, 0.15) is 11.2 Å². The van der Waals surface area contributed by atoms with E-state index in [1.165, 1.54) is 108 Å². The summed E-state index contributed by atoms with van der Waals surface area (Å²) >= 11 is 1.87. The first-order chi connectivity index (χ1) is 26.0. The molecule has 0 saturated heterocycles. The van der Waals surface area contributed by atoms with Crippen LogP contribution in [-0.4, -0.2) is 0 Å². The maximum Gasteiger partial charge on any atom is 0.143 e. The zero-order valence-electron chi connectivity index (χ0n) is 29.3. The van der Waals surface area contributed by atoms with E-state index >= 15 is 0 Å². The van der Waals surface area contributed by atoms with Crippen LogP contribution in [0.5, 0.6) is 0 Å². The molecule has 0 unspecified atom stereocenters. The van der Waals surface area contributed by atoms with E-state index in [1.807, 2.05) is 17.4 Å². The first-order valence-corrected chi connectivity index (χ1v) is 19.2. The highest BCUT2D eigenvalue weighted by atomic mass is 32.1. The molecule has 0 aliphatic heterocycles. The molecule has 0 amide bonds. The van der Waals surface area contributed by atoms with E-state index in [2.05, 4.69) is 166 Å². The third-order valence-electron chi connectivity index (χ3n) is 12.1. The number of fused-ring (bicyclic) bond motifs is 14. The molecule has 1 aliphatic rings. The van der Waals surface area contributed by atoms with Crippen LogP contribution in [0.3, 0.4) is 0 Å². The Kier molecular flexibility index (Phi) is 5.78. The molecule has 0 spiro atoms. The lowest BCUT2D eigenvalue weighted by Crippen LogP contribution is -2.15. The summed E-state index contributed by atoms with van der Waals surface area (Å²) in [7, 11) is 0.